The summed E-state index contributed by atoms with van der Waals surface area (Å²) in [4.78, 5) is 0. The van der Waals surface area contributed by atoms with E-state index in [9.17, 15) is 8.42 Å². The lowest BCUT2D eigenvalue weighted by Crippen LogP contribution is -2.16. The average Bonchev–Trinajstić information content (AvgIpc) is 2.15. The van der Waals surface area contributed by atoms with Crippen molar-refractivity contribution in [3.8, 4) is 0 Å². The van der Waals surface area contributed by atoms with Crippen molar-refractivity contribution in [2.24, 2.45) is 5.92 Å². The molecule has 0 aliphatic carbocycles. The zero-order chi connectivity index (χ0) is 13.1. The number of sulfone groups is 1. The summed E-state index contributed by atoms with van der Waals surface area (Å²) in [5.41, 5.74) is 2.12. The molecule has 0 aromatic heterocycles. The molecule has 0 fully saturated rings. The van der Waals surface area contributed by atoms with Crippen molar-refractivity contribution in [1.29, 1.82) is 0 Å². The van der Waals surface area contributed by atoms with Gasteiger partial charge < -0.3 is 0 Å². The van der Waals surface area contributed by atoms with Gasteiger partial charge in [0.05, 0.1) is 11.0 Å². The van der Waals surface area contributed by atoms with Gasteiger partial charge in [-0.3, -0.25) is 0 Å². The predicted octanol–water partition coefficient (Wildman–Crippen LogP) is 3.21. The van der Waals surface area contributed by atoms with E-state index in [2.05, 4.69) is 19.9 Å². The van der Waals surface area contributed by atoms with Gasteiger partial charge in [-0.2, -0.15) is 0 Å². The van der Waals surface area contributed by atoms with Crippen LogP contribution in [0.1, 0.15) is 38.8 Å². The molecule has 0 unspecified atom stereocenters. The van der Waals surface area contributed by atoms with Crippen LogP contribution < -0.4 is 0 Å². The highest BCUT2D eigenvalue weighted by Crippen LogP contribution is 2.15. The van der Waals surface area contributed by atoms with Crippen molar-refractivity contribution >= 4 is 9.84 Å². The first-order valence-corrected chi connectivity index (χ1v) is 7.82. The molecule has 96 valence electrons. The summed E-state index contributed by atoms with van der Waals surface area (Å²) in [7, 11) is -3.00. The molecule has 0 aliphatic rings. The molecule has 0 amide bonds. The van der Waals surface area contributed by atoms with Gasteiger partial charge in [0.15, 0.2) is 9.84 Å². The lowest BCUT2D eigenvalue weighted by molar-refractivity contribution is 0.586. The Morgan fingerprint density at radius 1 is 1.06 bits per heavy atom. The van der Waals surface area contributed by atoms with Gasteiger partial charge in [0.1, 0.15) is 0 Å². The second-order valence-corrected chi connectivity index (χ2v) is 7.83. The Balaban J connectivity index is 2.86. The normalized spacial score (nSPS) is 12.4. The van der Waals surface area contributed by atoms with Crippen molar-refractivity contribution < 1.29 is 8.42 Å². The minimum absolute atomic E-state index is 0.149. The summed E-state index contributed by atoms with van der Waals surface area (Å²) in [5.74, 6) is 0.739. The average molecular weight is 254 g/mol. The molecular formula is C14H22O2S. The Bertz CT molecular complexity index is 459. The van der Waals surface area contributed by atoms with Gasteiger partial charge >= 0.3 is 0 Å². The van der Waals surface area contributed by atoms with Crippen LogP contribution in [-0.4, -0.2) is 13.7 Å². The second kappa shape index (κ2) is 5.67. The Hall–Kier alpha value is -0.830. The Morgan fingerprint density at radius 3 is 2.18 bits per heavy atom. The van der Waals surface area contributed by atoms with E-state index in [1.807, 2.05) is 18.2 Å². The minimum Gasteiger partial charge on any atom is -0.228 e. The van der Waals surface area contributed by atoms with Crippen LogP contribution in [0.5, 0.6) is 0 Å². The molecule has 2 nitrogen and oxygen atoms in total. The van der Waals surface area contributed by atoms with Gasteiger partial charge in [-0.1, -0.05) is 38.1 Å². The second-order valence-electron chi connectivity index (χ2n) is 5.27. The number of rotatable bonds is 5. The van der Waals surface area contributed by atoms with Crippen molar-refractivity contribution in [1.82, 2.24) is 0 Å². The van der Waals surface area contributed by atoms with E-state index < -0.39 is 9.84 Å². The molecule has 0 saturated heterocycles. The van der Waals surface area contributed by atoms with Gasteiger partial charge in [0.25, 0.3) is 0 Å². The molecular weight excluding hydrogens is 232 g/mol. The highest BCUT2D eigenvalue weighted by molar-refractivity contribution is 7.91. The van der Waals surface area contributed by atoms with E-state index in [1.54, 1.807) is 13.8 Å². The van der Waals surface area contributed by atoms with E-state index >= 15 is 0 Å². The van der Waals surface area contributed by atoms with Crippen LogP contribution in [0.3, 0.4) is 0 Å². The summed E-state index contributed by atoms with van der Waals surface area (Å²) in [6.07, 6.45) is 0.996. The largest absolute Gasteiger partial charge is 0.228 e. The fourth-order valence-electron chi connectivity index (χ4n) is 1.72. The lowest BCUT2D eigenvalue weighted by atomic mass is 10.0. The molecule has 0 aliphatic heterocycles. The maximum Gasteiger partial charge on any atom is 0.156 e. The molecule has 1 rings (SSSR count). The third-order valence-electron chi connectivity index (χ3n) is 2.72. The minimum atomic E-state index is -3.00. The monoisotopic (exact) mass is 254 g/mol. The predicted molar refractivity (Wildman–Crippen MR) is 72.7 cm³/mol. The first-order valence-electron chi connectivity index (χ1n) is 6.10. The molecule has 1 aromatic rings. The molecule has 0 spiro atoms. The van der Waals surface area contributed by atoms with Crippen LogP contribution in [0, 0.1) is 5.92 Å². The van der Waals surface area contributed by atoms with Crippen LogP contribution >= 0.6 is 0 Å². The standard InChI is InChI=1S/C14H22O2S/c1-11(2)8-13-6-5-7-14(9-13)10-17(15,16)12(3)4/h5-7,9,11-12H,8,10H2,1-4H3. The van der Waals surface area contributed by atoms with Gasteiger partial charge in [-0.05, 0) is 37.3 Å². The quantitative estimate of drug-likeness (QED) is 0.808. The summed E-state index contributed by atoms with van der Waals surface area (Å²) in [6, 6.07) is 7.91. The van der Waals surface area contributed by atoms with Gasteiger partial charge in [0.2, 0.25) is 0 Å². The van der Waals surface area contributed by atoms with Gasteiger partial charge in [0, 0.05) is 0 Å². The van der Waals surface area contributed by atoms with E-state index in [0.29, 0.717) is 5.92 Å². The summed E-state index contributed by atoms with van der Waals surface area (Å²) in [5, 5.41) is -0.309. The number of benzene rings is 1. The highest BCUT2D eigenvalue weighted by Gasteiger charge is 2.16. The molecule has 3 heteroatoms. The third-order valence-corrected chi connectivity index (χ3v) is 4.89. The van der Waals surface area contributed by atoms with Gasteiger partial charge in [-0.15, -0.1) is 0 Å². The van der Waals surface area contributed by atoms with Crippen LogP contribution in [0.2, 0.25) is 0 Å². The molecule has 0 atom stereocenters. The van der Waals surface area contributed by atoms with E-state index in [0.717, 1.165) is 12.0 Å². The van der Waals surface area contributed by atoms with Crippen LogP contribution in [0.25, 0.3) is 0 Å². The molecule has 0 bridgehead atoms. The Labute approximate surface area is 105 Å². The maximum atomic E-state index is 11.8. The summed E-state index contributed by atoms with van der Waals surface area (Å²) < 4.78 is 23.7. The van der Waals surface area contributed by atoms with Crippen LogP contribution in [0.4, 0.5) is 0 Å². The molecule has 0 heterocycles. The fourth-order valence-corrected chi connectivity index (χ4v) is 2.69. The zero-order valence-electron chi connectivity index (χ0n) is 11.1. The molecule has 1 aromatic carbocycles. The lowest BCUT2D eigenvalue weighted by Gasteiger charge is -2.10. The first-order chi connectivity index (χ1) is 7.81. The van der Waals surface area contributed by atoms with Gasteiger partial charge in [-0.25, -0.2) is 8.42 Å². The zero-order valence-corrected chi connectivity index (χ0v) is 11.9. The number of hydrogen-bond donors (Lipinski definition) is 0. The van der Waals surface area contributed by atoms with Crippen LogP contribution in [-0.2, 0) is 22.0 Å². The van der Waals surface area contributed by atoms with Crippen molar-refractivity contribution in [3.05, 3.63) is 35.4 Å². The highest BCUT2D eigenvalue weighted by atomic mass is 32.2. The fraction of sp³-hybridized carbons (Fsp3) is 0.571. The third kappa shape index (κ3) is 4.50. The molecule has 17 heavy (non-hydrogen) atoms. The van der Waals surface area contributed by atoms with Crippen LogP contribution in [0.15, 0.2) is 24.3 Å². The van der Waals surface area contributed by atoms with E-state index in [-0.39, 0.29) is 11.0 Å². The maximum absolute atomic E-state index is 11.8. The summed E-state index contributed by atoms with van der Waals surface area (Å²) >= 11 is 0. The Morgan fingerprint density at radius 2 is 1.65 bits per heavy atom. The first kappa shape index (κ1) is 14.2. The Kier molecular flexibility index (Phi) is 4.75. The molecule has 0 radical (unpaired) electrons. The van der Waals surface area contributed by atoms with Crippen molar-refractivity contribution in [2.75, 3.05) is 0 Å². The van der Waals surface area contributed by atoms with Crippen molar-refractivity contribution in [2.45, 2.75) is 45.1 Å². The molecule has 0 N–H and O–H groups in total. The molecule has 0 saturated carbocycles. The topological polar surface area (TPSA) is 34.1 Å². The van der Waals surface area contributed by atoms with Crippen molar-refractivity contribution in [3.63, 3.8) is 0 Å². The summed E-state index contributed by atoms with van der Waals surface area (Å²) in [6.45, 7) is 7.79. The van der Waals surface area contributed by atoms with E-state index in [4.69, 9.17) is 0 Å². The number of hydrogen-bond acceptors (Lipinski definition) is 2. The SMILES string of the molecule is CC(C)Cc1cccc(CS(=O)(=O)C(C)C)c1. The van der Waals surface area contributed by atoms with E-state index in [1.165, 1.54) is 5.56 Å². The smallest absolute Gasteiger partial charge is 0.156 e.